The molecule has 0 N–H and O–H groups in total. The van der Waals surface area contributed by atoms with Crippen molar-refractivity contribution < 1.29 is 4.79 Å². The van der Waals surface area contributed by atoms with E-state index in [9.17, 15) is 4.79 Å². The largest absolute Gasteiger partial charge is 0.347 e. The van der Waals surface area contributed by atoms with Gasteiger partial charge in [0.15, 0.2) is 5.78 Å². The number of rotatable bonds is 4. The van der Waals surface area contributed by atoms with E-state index in [2.05, 4.69) is 46.9 Å². The third-order valence-corrected chi connectivity index (χ3v) is 6.12. The van der Waals surface area contributed by atoms with Crippen molar-refractivity contribution in [1.29, 1.82) is 0 Å². The predicted octanol–water partition coefficient (Wildman–Crippen LogP) is 4.60. The van der Waals surface area contributed by atoms with Crippen LogP contribution >= 0.6 is 11.8 Å². The molecule has 0 saturated carbocycles. The zero-order chi connectivity index (χ0) is 19.0. The second-order valence-electron chi connectivity index (χ2n) is 7.18. The number of carbonyl (C=O) groups excluding carboxylic acids is 1. The third-order valence-electron chi connectivity index (χ3n) is 5.10. The lowest BCUT2D eigenvalue weighted by Crippen LogP contribution is -2.24. The second kappa shape index (κ2) is 6.82. The van der Waals surface area contributed by atoms with Crippen LogP contribution in [0.3, 0.4) is 0 Å². The zero-order valence-electron chi connectivity index (χ0n) is 15.6. The van der Waals surface area contributed by atoms with E-state index < -0.39 is 0 Å². The maximum Gasteiger partial charge on any atom is 0.167 e. The summed E-state index contributed by atoms with van der Waals surface area (Å²) in [5.74, 6) is 0.440. The molecule has 0 fully saturated rings. The summed E-state index contributed by atoms with van der Waals surface area (Å²) in [5, 5.41) is 1.82. The standard InChI is InChI=1S/C22H21N3OS/c1-22(2)17-9-5-7-11-19(17)25(3)20(22)12-15(26)13-27-21-16-8-4-6-10-18(16)23-14-24-21/h4-12,14H,13H2,1-3H3/b20-12-. The molecule has 4 nitrogen and oxygen atoms in total. The Balaban J connectivity index is 1.56. The van der Waals surface area contributed by atoms with Gasteiger partial charge in [0, 0.05) is 35.3 Å². The molecule has 1 aromatic heterocycles. The number of hydrogen-bond acceptors (Lipinski definition) is 5. The minimum Gasteiger partial charge on any atom is -0.347 e. The van der Waals surface area contributed by atoms with Crippen LogP contribution < -0.4 is 4.90 Å². The molecule has 2 heterocycles. The molecule has 2 aromatic carbocycles. The van der Waals surface area contributed by atoms with Crippen LogP contribution in [0.5, 0.6) is 0 Å². The summed E-state index contributed by atoms with van der Waals surface area (Å²) in [5.41, 5.74) is 4.15. The summed E-state index contributed by atoms with van der Waals surface area (Å²) in [6.45, 7) is 4.33. The summed E-state index contributed by atoms with van der Waals surface area (Å²) in [6, 6.07) is 16.2. The first-order chi connectivity index (χ1) is 13.0. The molecule has 5 heteroatoms. The van der Waals surface area contributed by atoms with Crippen molar-refractivity contribution in [1.82, 2.24) is 9.97 Å². The Labute approximate surface area is 163 Å². The van der Waals surface area contributed by atoms with Gasteiger partial charge in [-0.2, -0.15) is 0 Å². The zero-order valence-corrected chi connectivity index (χ0v) is 16.5. The van der Waals surface area contributed by atoms with Crippen LogP contribution in [0.1, 0.15) is 19.4 Å². The number of anilines is 1. The molecule has 0 atom stereocenters. The fourth-order valence-corrected chi connectivity index (χ4v) is 4.50. The summed E-state index contributed by atoms with van der Waals surface area (Å²) >= 11 is 1.46. The molecule has 0 radical (unpaired) electrons. The van der Waals surface area contributed by atoms with Gasteiger partial charge in [-0.3, -0.25) is 4.79 Å². The molecule has 3 aromatic rings. The first-order valence-corrected chi connectivity index (χ1v) is 9.88. The van der Waals surface area contributed by atoms with Crippen molar-refractivity contribution in [3.05, 3.63) is 72.2 Å². The lowest BCUT2D eigenvalue weighted by molar-refractivity contribution is -0.112. The molecule has 4 rings (SSSR count). The van der Waals surface area contributed by atoms with E-state index in [-0.39, 0.29) is 11.2 Å². The average molecular weight is 375 g/mol. The lowest BCUT2D eigenvalue weighted by atomic mass is 9.83. The Morgan fingerprint density at radius 1 is 1.11 bits per heavy atom. The van der Waals surface area contributed by atoms with Gasteiger partial charge in [-0.05, 0) is 17.7 Å². The average Bonchev–Trinajstić information content (AvgIpc) is 2.87. The second-order valence-corrected chi connectivity index (χ2v) is 8.15. The topological polar surface area (TPSA) is 46.1 Å². The normalized spacial score (nSPS) is 16.7. The number of para-hydroxylation sites is 2. The number of hydrogen-bond donors (Lipinski definition) is 0. The van der Waals surface area contributed by atoms with Crippen molar-refractivity contribution in [3.63, 3.8) is 0 Å². The molecule has 0 amide bonds. The highest BCUT2D eigenvalue weighted by Crippen LogP contribution is 2.46. The fourth-order valence-electron chi connectivity index (χ4n) is 3.69. The molecular weight excluding hydrogens is 354 g/mol. The van der Waals surface area contributed by atoms with Crippen molar-refractivity contribution in [2.45, 2.75) is 24.3 Å². The molecule has 0 unspecified atom stereocenters. The van der Waals surface area contributed by atoms with Crippen LogP contribution in [-0.2, 0) is 10.2 Å². The molecule has 27 heavy (non-hydrogen) atoms. The highest BCUT2D eigenvalue weighted by Gasteiger charge is 2.38. The molecule has 0 spiro atoms. The van der Waals surface area contributed by atoms with Crippen LogP contribution in [-0.4, -0.2) is 28.6 Å². The Kier molecular flexibility index (Phi) is 4.48. The van der Waals surface area contributed by atoms with Crippen LogP contribution in [0.15, 0.2) is 71.7 Å². The number of aromatic nitrogens is 2. The number of likely N-dealkylation sites (N-methyl/N-ethyl adjacent to an activating group) is 1. The number of allylic oxidation sites excluding steroid dienone is 2. The van der Waals surface area contributed by atoms with Crippen molar-refractivity contribution in [2.75, 3.05) is 17.7 Å². The van der Waals surface area contributed by atoms with Gasteiger partial charge in [-0.15, -0.1) is 0 Å². The molecular formula is C22H21N3OS. The van der Waals surface area contributed by atoms with E-state index >= 15 is 0 Å². The summed E-state index contributed by atoms with van der Waals surface area (Å²) < 4.78 is 0. The molecule has 0 aliphatic carbocycles. The Hall–Kier alpha value is -2.66. The molecule has 136 valence electrons. The predicted molar refractivity (Wildman–Crippen MR) is 111 cm³/mol. The van der Waals surface area contributed by atoms with E-state index in [0.29, 0.717) is 5.75 Å². The Morgan fingerprint density at radius 2 is 1.85 bits per heavy atom. The van der Waals surface area contributed by atoms with E-state index in [0.717, 1.165) is 27.3 Å². The van der Waals surface area contributed by atoms with Crippen LogP contribution in [0.25, 0.3) is 10.9 Å². The molecule has 0 saturated heterocycles. The van der Waals surface area contributed by atoms with Gasteiger partial charge in [0.2, 0.25) is 0 Å². The number of fused-ring (bicyclic) bond motifs is 2. The van der Waals surface area contributed by atoms with Gasteiger partial charge in [0.05, 0.1) is 11.3 Å². The highest BCUT2D eigenvalue weighted by molar-refractivity contribution is 8.00. The van der Waals surface area contributed by atoms with Gasteiger partial charge in [-0.25, -0.2) is 9.97 Å². The lowest BCUT2D eigenvalue weighted by Gasteiger charge is -2.23. The van der Waals surface area contributed by atoms with E-state index in [1.54, 1.807) is 12.4 Å². The fraction of sp³-hybridized carbons (Fsp3) is 0.227. The van der Waals surface area contributed by atoms with Gasteiger partial charge >= 0.3 is 0 Å². The molecule has 1 aliphatic rings. The first-order valence-electron chi connectivity index (χ1n) is 8.89. The van der Waals surface area contributed by atoms with E-state index in [1.165, 1.54) is 17.3 Å². The van der Waals surface area contributed by atoms with Gasteiger partial charge in [0.1, 0.15) is 11.4 Å². The maximum absolute atomic E-state index is 12.7. The van der Waals surface area contributed by atoms with Crippen LogP contribution in [0, 0.1) is 0 Å². The minimum atomic E-state index is -0.187. The molecule has 0 bridgehead atoms. The van der Waals surface area contributed by atoms with E-state index in [1.807, 2.05) is 37.4 Å². The van der Waals surface area contributed by atoms with Crippen molar-refractivity contribution >= 4 is 34.1 Å². The van der Waals surface area contributed by atoms with Gasteiger partial charge in [-0.1, -0.05) is 62.0 Å². The van der Waals surface area contributed by atoms with Gasteiger partial charge < -0.3 is 4.90 Å². The monoisotopic (exact) mass is 375 g/mol. The molecule has 1 aliphatic heterocycles. The number of ketones is 1. The highest BCUT2D eigenvalue weighted by atomic mass is 32.2. The third kappa shape index (κ3) is 3.12. The summed E-state index contributed by atoms with van der Waals surface area (Å²) in [4.78, 5) is 23.5. The smallest absolute Gasteiger partial charge is 0.167 e. The van der Waals surface area contributed by atoms with Gasteiger partial charge in [0.25, 0.3) is 0 Å². The number of carbonyl (C=O) groups is 1. The summed E-state index contributed by atoms with van der Waals surface area (Å²) in [7, 11) is 2.03. The Bertz CT molecular complexity index is 1050. The van der Waals surface area contributed by atoms with Crippen LogP contribution in [0.4, 0.5) is 5.69 Å². The minimum absolute atomic E-state index is 0.0884. The van der Waals surface area contributed by atoms with Crippen molar-refractivity contribution in [3.8, 4) is 0 Å². The number of benzene rings is 2. The van der Waals surface area contributed by atoms with Crippen LogP contribution in [0.2, 0.25) is 0 Å². The SMILES string of the molecule is CN1/C(=C\C(=O)CSc2ncnc3ccccc23)C(C)(C)c2ccccc21. The quantitative estimate of drug-likeness (QED) is 0.379. The Morgan fingerprint density at radius 3 is 2.67 bits per heavy atom. The summed E-state index contributed by atoms with van der Waals surface area (Å²) in [6.07, 6.45) is 3.34. The number of thioether (sulfide) groups is 1. The first kappa shape index (κ1) is 17.7. The van der Waals surface area contributed by atoms with Crippen molar-refractivity contribution in [2.24, 2.45) is 0 Å². The maximum atomic E-state index is 12.7. The number of nitrogens with zero attached hydrogens (tertiary/aromatic N) is 3. The van der Waals surface area contributed by atoms with E-state index in [4.69, 9.17) is 0 Å².